The zero-order chi connectivity index (χ0) is 21.2. The molecule has 3 aromatic carbocycles. The van der Waals surface area contributed by atoms with Gasteiger partial charge in [0.15, 0.2) is 5.13 Å². The quantitative estimate of drug-likeness (QED) is 0.362. The number of nitrogens with zero attached hydrogens (tertiary/aromatic N) is 3. The molecule has 0 aliphatic carbocycles. The number of aromatic nitrogens is 2. The summed E-state index contributed by atoms with van der Waals surface area (Å²) in [6, 6.07) is 25.2. The minimum Gasteiger partial charge on any atom is -0.497 e. The maximum atomic E-state index is 13.8. The van der Waals surface area contributed by atoms with Crippen LogP contribution < -0.4 is 9.64 Å². The molecule has 0 bridgehead atoms. The van der Waals surface area contributed by atoms with E-state index in [1.165, 1.54) is 11.3 Å². The molecule has 2 aromatic heterocycles. The number of amides is 1. The van der Waals surface area contributed by atoms with Crippen LogP contribution in [0, 0.1) is 0 Å². The van der Waals surface area contributed by atoms with Gasteiger partial charge >= 0.3 is 0 Å². The second kappa shape index (κ2) is 8.16. The first-order chi connectivity index (χ1) is 15.2. The third-order valence-electron chi connectivity index (χ3n) is 5.13. The maximum Gasteiger partial charge on any atom is 0.261 e. The number of carbonyl (C=O) groups excluding carboxylic acids is 1. The van der Waals surface area contributed by atoms with E-state index < -0.39 is 0 Å². The number of hydrogen-bond donors (Lipinski definition) is 0. The molecule has 0 atom stereocenters. The topological polar surface area (TPSA) is 55.3 Å². The van der Waals surface area contributed by atoms with Crippen molar-refractivity contribution in [2.75, 3.05) is 12.0 Å². The van der Waals surface area contributed by atoms with E-state index >= 15 is 0 Å². The SMILES string of the molecule is COc1ccc2sc(N(Cc3ccccn3)C(=O)c3cccc4ccccc34)nc2c1. The fraction of sp³-hybridized carbons (Fsp3) is 0.0800. The van der Waals surface area contributed by atoms with Crippen LogP contribution in [-0.2, 0) is 6.54 Å². The molecule has 0 aliphatic heterocycles. The highest BCUT2D eigenvalue weighted by atomic mass is 32.1. The van der Waals surface area contributed by atoms with Crippen molar-refractivity contribution in [3.05, 3.63) is 96.3 Å². The zero-order valence-corrected chi connectivity index (χ0v) is 17.7. The summed E-state index contributed by atoms with van der Waals surface area (Å²) in [4.78, 5) is 24.7. The molecule has 5 rings (SSSR count). The number of fused-ring (bicyclic) bond motifs is 2. The molecule has 0 fully saturated rings. The number of hydrogen-bond acceptors (Lipinski definition) is 5. The van der Waals surface area contributed by atoms with Gasteiger partial charge < -0.3 is 4.74 Å². The first-order valence-electron chi connectivity index (χ1n) is 9.87. The van der Waals surface area contributed by atoms with E-state index in [2.05, 4.69) is 4.98 Å². The molecule has 152 valence electrons. The Hall–Kier alpha value is -3.77. The molecular weight excluding hydrogens is 406 g/mol. The van der Waals surface area contributed by atoms with E-state index in [1.807, 2.05) is 78.9 Å². The molecule has 0 saturated carbocycles. The Balaban J connectivity index is 1.62. The highest BCUT2D eigenvalue weighted by Gasteiger charge is 2.23. The predicted molar refractivity (Wildman–Crippen MR) is 125 cm³/mol. The molecule has 5 nitrogen and oxygen atoms in total. The average Bonchev–Trinajstić information content (AvgIpc) is 3.25. The highest BCUT2D eigenvalue weighted by molar-refractivity contribution is 7.22. The number of carbonyl (C=O) groups is 1. The Morgan fingerprint density at radius 2 is 1.84 bits per heavy atom. The van der Waals surface area contributed by atoms with Gasteiger partial charge in [0.25, 0.3) is 5.91 Å². The molecule has 31 heavy (non-hydrogen) atoms. The van der Waals surface area contributed by atoms with Crippen LogP contribution >= 0.6 is 11.3 Å². The third kappa shape index (κ3) is 3.73. The van der Waals surface area contributed by atoms with Gasteiger partial charge in [-0.3, -0.25) is 14.7 Å². The summed E-state index contributed by atoms with van der Waals surface area (Å²) < 4.78 is 6.32. The number of benzene rings is 3. The van der Waals surface area contributed by atoms with Crippen LogP contribution in [0.1, 0.15) is 16.1 Å². The summed E-state index contributed by atoms with van der Waals surface area (Å²) in [7, 11) is 1.63. The van der Waals surface area contributed by atoms with Crippen LogP contribution in [0.15, 0.2) is 85.1 Å². The normalized spacial score (nSPS) is 11.0. The maximum absolute atomic E-state index is 13.8. The molecule has 2 heterocycles. The van der Waals surface area contributed by atoms with Crippen LogP contribution in [0.2, 0.25) is 0 Å². The van der Waals surface area contributed by atoms with Crippen LogP contribution in [-0.4, -0.2) is 23.0 Å². The number of pyridine rings is 1. The minimum absolute atomic E-state index is 0.103. The lowest BCUT2D eigenvalue weighted by Gasteiger charge is -2.20. The molecule has 0 unspecified atom stereocenters. The van der Waals surface area contributed by atoms with Gasteiger partial charge in [-0.05, 0) is 41.1 Å². The van der Waals surface area contributed by atoms with Gasteiger partial charge in [0.2, 0.25) is 0 Å². The summed E-state index contributed by atoms with van der Waals surface area (Å²) in [6.45, 7) is 0.333. The molecule has 0 N–H and O–H groups in total. The van der Waals surface area contributed by atoms with Crippen LogP contribution in [0.4, 0.5) is 5.13 Å². The second-order valence-electron chi connectivity index (χ2n) is 7.07. The molecule has 6 heteroatoms. The van der Waals surface area contributed by atoms with E-state index in [1.54, 1.807) is 18.2 Å². The second-order valence-corrected chi connectivity index (χ2v) is 8.08. The number of methoxy groups -OCH3 is 1. The van der Waals surface area contributed by atoms with Gasteiger partial charge in [0.05, 0.1) is 29.6 Å². The van der Waals surface area contributed by atoms with Crippen LogP contribution in [0.3, 0.4) is 0 Å². The standard InChI is InChI=1S/C25H19N3O2S/c1-30-19-12-13-23-22(15-19)27-25(31-23)28(16-18-9-4-5-14-26-18)24(29)21-11-6-8-17-7-2-3-10-20(17)21/h2-15H,16H2,1H3. The van der Waals surface area contributed by atoms with Crippen molar-refractivity contribution >= 4 is 43.4 Å². The smallest absolute Gasteiger partial charge is 0.261 e. The number of ether oxygens (including phenoxy) is 1. The number of anilines is 1. The summed E-state index contributed by atoms with van der Waals surface area (Å²) >= 11 is 1.48. The van der Waals surface area contributed by atoms with Crippen molar-refractivity contribution in [3.8, 4) is 5.75 Å². The summed E-state index contributed by atoms with van der Waals surface area (Å²) in [5, 5.41) is 2.58. The summed E-state index contributed by atoms with van der Waals surface area (Å²) in [6.07, 6.45) is 1.74. The molecular formula is C25H19N3O2S. The molecule has 0 saturated heterocycles. The van der Waals surface area contributed by atoms with Gasteiger partial charge in [0.1, 0.15) is 5.75 Å². The fourth-order valence-corrected chi connectivity index (χ4v) is 4.52. The molecule has 1 amide bonds. The van der Waals surface area contributed by atoms with E-state index in [4.69, 9.17) is 9.72 Å². The van der Waals surface area contributed by atoms with Gasteiger partial charge in [-0.2, -0.15) is 0 Å². The Labute approximate surface area is 183 Å². The van der Waals surface area contributed by atoms with Gasteiger partial charge in [-0.15, -0.1) is 0 Å². The van der Waals surface area contributed by atoms with E-state index in [-0.39, 0.29) is 5.91 Å². The summed E-state index contributed by atoms with van der Waals surface area (Å²) in [5.41, 5.74) is 2.25. The van der Waals surface area contributed by atoms with Crippen molar-refractivity contribution in [2.24, 2.45) is 0 Å². The average molecular weight is 426 g/mol. The lowest BCUT2D eigenvalue weighted by Crippen LogP contribution is -2.30. The van der Waals surface area contributed by atoms with Crippen LogP contribution in [0.5, 0.6) is 5.75 Å². The molecule has 0 spiro atoms. The van der Waals surface area contributed by atoms with Crippen molar-refractivity contribution in [1.82, 2.24) is 9.97 Å². The first-order valence-corrected chi connectivity index (χ1v) is 10.7. The Kier molecular flexibility index (Phi) is 5.06. The fourth-order valence-electron chi connectivity index (χ4n) is 3.57. The first kappa shape index (κ1) is 19.2. The van der Waals surface area contributed by atoms with Gasteiger partial charge in [-0.1, -0.05) is 53.8 Å². The van der Waals surface area contributed by atoms with Crippen LogP contribution in [0.25, 0.3) is 21.0 Å². The highest BCUT2D eigenvalue weighted by Crippen LogP contribution is 2.33. The number of rotatable bonds is 5. The zero-order valence-electron chi connectivity index (χ0n) is 16.9. The Morgan fingerprint density at radius 1 is 1.00 bits per heavy atom. The minimum atomic E-state index is -0.103. The lowest BCUT2D eigenvalue weighted by atomic mass is 10.0. The molecule has 0 radical (unpaired) electrons. The van der Waals surface area contributed by atoms with Crippen molar-refractivity contribution < 1.29 is 9.53 Å². The monoisotopic (exact) mass is 425 g/mol. The summed E-state index contributed by atoms with van der Waals surface area (Å²) in [5.74, 6) is 0.634. The Morgan fingerprint density at radius 3 is 2.68 bits per heavy atom. The van der Waals surface area contributed by atoms with E-state index in [9.17, 15) is 4.79 Å². The molecule has 0 aliphatic rings. The lowest BCUT2D eigenvalue weighted by molar-refractivity contribution is 0.0986. The number of thiazole rings is 1. The Bertz CT molecular complexity index is 1380. The van der Waals surface area contributed by atoms with Crippen molar-refractivity contribution in [2.45, 2.75) is 6.54 Å². The van der Waals surface area contributed by atoms with Crippen molar-refractivity contribution in [1.29, 1.82) is 0 Å². The third-order valence-corrected chi connectivity index (χ3v) is 6.19. The van der Waals surface area contributed by atoms with E-state index in [0.717, 1.165) is 32.4 Å². The van der Waals surface area contributed by atoms with Gasteiger partial charge in [-0.25, -0.2) is 4.98 Å². The van der Waals surface area contributed by atoms with Crippen molar-refractivity contribution in [3.63, 3.8) is 0 Å². The largest absolute Gasteiger partial charge is 0.497 e. The van der Waals surface area contributed by atoms with E-state index in [0.29, 0.717) is 17.2 Å². The molecule has 5 aromatic rings. The van der Waals surface area contributed by atoms with Gasteiger partial charge in [0, 0.05) is 17.8 Å². The predicted octanol–water partition coefficient (Wildman–Crippen LogP) is 5.70.